The first-order chi connectivity index (χ1) is 54.5. The summed E-state index contributed by atoms with van der Waals surface area (Å²) in [5.74, 6) is -0.0616. The van der Waals surface area contributed by atoms with Gasteiger partial charge in [0.1, 0.15) is 40.5 Å². The van der Waals surface area contributed by atoms with Crippen LogP contribution in [0.5, 0.6) is 0 Å². The Balaban J connectivity index is -0.000000145. The number of carboxylic acid groups (broad SMARTS) is 2. The molecular formula is C95H197N13O15. The van der Waals surface area contributed by atoms with E-state index < -0.39 is 29.4 Å². The number of hydrogen-bond donors (Lipinski definition) is 15. The minimum atomic E-state index is -0.919. The molecule has 28 heteroatoms. The number of rotatable bonds is 38. The minimum Gasteiger partial charge on any atom is -0.481 e. The predicted molar refractivity (Wildman–Crippen MR) is 512 cm³/mol. The summed E-state index contributed by atoms with van der Waals surface area (Å²) in [5.41, 5.74) is 42.6. The fraction of sp³-hybridized carbons (Fsp3) is 0.863. The average Bonchev–Trinajstić information content (AvgIpc) is 0.884. The second-order valence-corrected chi connectivity index (χ2v) is 43.5. The fourth-order valence-electron chi connectivity index (χ4n) is 10.2. The van der Waals surface area contributed by atoms with Crippen molar-refractivity contribution in [3.8, 4) is 0 Å². The van der Waals surface area contributed by atoms with Crippen molar-refractivity contribution in [1.29, 1.82) is 0 Å². The van der Waals surface area contributed by atoms with Crippen LogP contribution in [0.2, 0.25) is 0 Å². The van der Waals surface area contributed by atoms with Gasteiger partial charge in [-0.15, -0.1) is 0 Å². The molecule has 0 bridgehead atoms. The zero-order valence-corrected chi connectivity index (χ0v) is 86.5. The van der Waals surface area contributed by atoms with Crippen LogP contribution in [-0.4, -0.2) is 194 Å². The van der Waals surface area contributed by atoms with Crippen LogP contribution in [-0.2, 0) is 62.3 Å². The number of hydrogen-bond acceptors (Lipinski definition) is 26. The summed E-state index contributed by atoms with van der Waals surface area (Å²) in [7, 11) is 0. The number of aliphatic carboxylic acids is 2. The van der Waals surface area contributed by atoms with Gasteiger partial charge in [-0.25, -0.2) is 0 Å². The van der Waals surface area contributed by atoms with Crippen molar-refractivity contribution in [2.75, 3.05) is 19.6 Å². The smallest absolute Gasteiger partial charge is 0.303 e. The van der Waals surface area contributed by atoms with Crippen molar-refractivity contribution < 1.29 is 72.5 Å². The van der Waals surface area contributed by atoms with Crippen LogP contribution >= 0.6 is 0 Å². The van der Waals surface area contributed by atoms with E-state index in [0.29, 0.717) is 38.3 Å². The Morgan fingerprint density at radius 2 is 0.593 bits per heavy atom. The maximum absolute atomic E-state index is 11.6. The van der Waals surface area contributed by atoms with Crippen molar-refractivity contribution in [3.63, 3.8) is 0 Å². The van der Waals surface area contributed by atoms with E-state index in [2.05, 4.69) is 103 Å². The normalized spacial score (nSPS) is 14.3. The van der Waals surface area contributed by atoms with Crippen molar-refractivity contribution in [2.24, 2.45) is 84.8 Å². The highest BCUT2D eigenvalue weighted by Crippen LogP contribution is 2.23. The molecule has 0 fully saturated rings. The maximum atomic E-state index is 11.6. The van der Waals surface area contributed by atoms with E-state index in [1.54, 1.807) is 55.4 Å². The molecule has 0 aliphatic rings. The molecule has 0 radical (unpaired) electrons. The molecule has 0 aromatic carbocycles. The first-order valence-corrected chi connectivity index (χ1v) is 44.5. The lowest BCUT2D eigenvalue weighted by Gasteiger charge is -2.29. The second-order valence-electron chi connectivity index (χ2n) is 43.5. The lowest BCUT2D eigenvalue weighted by Crippen LogP contribution is -2.49. The Morgan fingerprint density at radius 1 is 0.293 bits per heavy atom. The van der Waals surface area contributed by atoms with Gasteiger partial charge in [-0.1, -0.05) is 151 Å². The lowest BCUT2D eigenvalue weighted by atomic mass is 9.83. The average molecular weight is 1760 g/mol. The zero-order valence-electron chi connectivity index (χ0n) is 86.5. The van der Waals surface area contributed by atoms with Crippen LogP contribution in [0.1, 0.15) is 387 Å². The summed E-state index contributed by atoms with van der Waals surface area (Å²) >= 11 is 0. The maximum Gasteiger partial charge on any atom is 0.303 e. The van der Waals surface area contributed by atoms with E-state index in [4.69, 9.17) is 56.1 Å². The van der Waals surface area contributed by atoms with Gasteiger partial charge < -0.3 is 82.7 Å². The van der Waals surface area contributed by atoms with Gasteiger partial charge >= 0.3 is 11.9 Å². The molecular weight excluding hydrogens is 1560 g/mol. The number of Topliss-reactive ketones (excluding diaryl/α,β-unsaturated/α-hetero) is 11. The highest BCUT2D eigenvalue weighted by molar-refractivity contribution is 5.91. The molecule has 0 spiro atoms. The molecule has 0 rings (SSSR count). The van der Waals surface area contributed by atoms with Gasteiger partial charge in [-0.05, 0) is 249 Å². The molecule has 0 saturated carbocycles. The van der Waals surface area contributed by atoms with Gasteiger partial charge in [0, 0.05) is 74.0 Å². The van der Waals surface area contributed by atoms with Gasteiger partial charge in [0.25, 0.3) is 0 Å². The molecule has 0 heterocycles. The summed E-state index contributed by atoms with van der Waals surface area (Å²) in [6.45, 7) is 82.2. The molecule has 0 aromatic heterocycles. The number of nitrogens with one attached hydrogen (secondary N) is 5. The first kappa shape index (κ1) is 138. The number of carboxylic acids is 2. The van der Waals surface area contributed by atoms with Gasteiger partial charge in [0.15, 0.2) is 23.1 Å². The molecule has 0 aliphatic carbocycles. The molecule has 28 nitrogen and oxygen atoms in total. The van der Waals surface area contributed by atoms with Crippen LogP contribution in [0, 0.1) is 38.9 Å². The third-order valence-corrected chi connectivity index (χ3v) is 17.6. The van der Waals surface area contributed by atoms with Gasteiger partial charge in [-0.3, -0.25) is 62.3 Å². The standard InChI is InChI=1S/2C11H24N2O.C10H22N2O.C10H19NO3.C10H19NO2.C10H21NO.C9H17NO3.C9H19NO.C8H17NO.C7H15NO/c1-9(14)10(12)7-5-6-8-13-11(2,3)4;1-9(14)10(7-5-6-8-12)13-11(2,3)4;1-10(2,3)9(13)8(12)6-4-5-7-11;1-7(12)8(5-6-9(13)14)11-10(2,3)4;1-7(12)8(11)5-6-9(13)10(2,3)4;1-7(2)9(8(3)12)11-10(4,5)6;1-9(2,3)8(13)6(10)4-5-7(11)12;1-6(2)7(10)8(11)9(3,4)5;1-6(7(2)10)9-8(3,4)5;1-5(8)6(9)7(2,3)4/h2*10,13H,5-8,12H2,1-4H3;8H,4-7,11-12H2,1-3H3;8,11H,5-6H2,1-4H3,(H,13,14);8H,5-6,11H2,1-4H3;7,9,11H,1-6H3;6H,4-5,10H2,1-3H3,(H,11,12);6-7H,10H2,1-5H3;6,9H,1-5H3;5H,8H2,1-4H3. The number of nitrogens with two attached hydrogens (primary N) is 8. The van der Waals surface area contributed by atoms with Crippen molar-refractivity contribution in [3.05, 3.63) is 0 Å². The third-order valence-electron chi connectivity index (χ3n) is 17.6. The van der Waals surface area contributed by atoms with Gasteiger partial charge in [0.05, 0.1) is 60.4 Å². The first-order valence-electron chi connectivity index (χ1n) is 44.5. The number of ketones is 11. The fourth-order valence-corrected chi connectivity index (χ4v) is 10.2. The zero-order chi connectivity index (χ0) is 101. The van der Waals surface area contributed by atoms with Gasteiger partial charge in [0.2, 0.25) is 0 Å². The summed E-state index contributed by atoms with van der Waals surface area (Å²) in [5, 5.41) is 33.2. The number of unbranched alkanes of at least 4 members (excludes halogenated alkanes) is 3. The lowest BCUT2D eigenvalue weighted by molar-refractivity contribution is -0.138. The van der Waals surface area contributed by atoms with Crippen molar-refractivity contribution in [2.45, 2.75) is 475 Å². The molecule has 0 saturated heterocycles. The molecule has 0 amide bonds. The predicted octanol–water partition coefficient (Wildman–Crippen LogP) is 13.1. The summed E-state index contributed by atoms with van der Waals surface area (Å²) < 4.78 is 0. The van der Waals surface area contributed by atoms with E-state index in [-0.39, 0.29) is 186 Å². The Kier molecular flexibility index (Phi) is 75.4. The van der Waals surface area contributed by atoms with Gasteiger partial charge in [-0.2, -0.15) is 0 Å². The Bertz CT molecular complexity index is 2970. The monoisotopic (exact) mass is 1760 g/mol. The van der Waals surface area contributed by atoms with E-state index >= 15 is 0 Å². The summed E-state index contributed by atoms with van der Waals surface area (Å²) in [6, 6.07) is -2.75. The van der Waals surface area contributed by atoms with Crippen molar-refractivity contribution in [1.82, 2.24) is 26.6 Å². The van der Waals surface area contributed by atoms with Crippen LogP contribution in [0.25, 0.3) is 0 Å². The minimum absolute atomic E-state index is 0.000941. The molecule has 123 heavy (non-hydrogen) atoms. The number of carbonyl (C=O) groups excluding carboxylic acids is 11. The summed E-state index contributed by atoms with van der Waals surface area (Å²) in [4.78, 5) is 144. The Hall–Kier alpha value is -5.21. The van der Waals surface area contributed by atoms with Crippen LogP contribution in [0.4, 0.5) is 0 Å². The highest BCUT2D eigenvalue weighted by atomic mass is 16.4. The van der Waals surface area contributed by atoms with E-state index in [9.17, 15) is 62.3 Å². The highest BCUT2D eigenvalue weighted by Gasteiger charge is 2.32. The molecule has 23 N–H and O–H groups in total. The topological polar surface area (TPSA) is 531 Å². The van der Waals surface area contributed by atoms with Crippen LogP contribution < -0.4 is 72.5 Å². The third kappa shape index (κ3) is 95.7. The Morgan fingerprint density at radius 3 is 0.821 bits per heavy atom. The summed E-state index contributed by atoms with van der Waals surface area (Å²) in [6.07, 6.45) is 9.85. The molecule has 732 valence electrons. The largest absolute Gasteiger partial charge is 0.481 e. The van der Waals surface area contributed by atoms with E-state index in [1.165, 1.54) is 13.8 Å². The van der Waals surface area contributed by atoms with E-state index in [1.807, 2.05) is 145 Å². The molecule has 0 aromatic rings. The molecule has 10 unspecified atom stereocenters. The molecule has 0 aliphatic heterocycles. The van der Waals surface area contributed by atoms with Crippen LogP contribution in [0.3, 0.4) is 0 Å². The number of carbonyl (C=O) groups is 13. The van der Waals surface area contributed by atoms with Crippen molar-refractivity contribution >= 4 is 75.6 Å². The quantitative estimate of drug-likeness (QED) is 0.0255. The SMILES string of the molecule is CC(=O)C(C)NC(C)(C)C.CC(=O)C(CCC(=O)O)NC(C)(C)C.CC(=O)C(CCCCN)NC(C)(C)C.CC(=O)C(N)CCC(=O)C(C)(C)C.CC(=O)C(N)CCCCNC(C)(C)C.CC(=O)C(NC(C)(C)C)C(C)C.CC(C)(C)C(=O)C(N)CCC(=O)O.CC(C)(C)C(=O)C(N)CCCCN.CC(C)C(N)C(=O)C(C)(C)C.CC(N)C(=O)C(C)(C)C. The van der Waals surface area contributed by atoms with Crippen LogP contribution in [0.15, 0.2) is 0 Å². The second kappa shape index (κ2) is 67.1. The molecule has 10 atom stereocenters. The van der Waals surface area contributed by atoms with E-state index in [0.717, 1.165) is 64.3 Å². The Labute approximate surface area is 750 Å².